The minimum Gasteiger partial charge on any atom is -0.481 e. The van der Waals surface area contributed by atoms with Crippen molar-refractivity contribution in [1.29, 1.82) is 0 Å². The first kappa shape index (κ1) is 27.0. The summed E-state index contributed by atoms with van der Waals surface area (Å²) in [7, 11) is 1.33. The van der Waals surface area contributed by atoms with Crippen LogP contribution in [0.5, 0.6) is 5.88 Å². The highest BCUT2D eigenvalue weighted by Gasteiger charge is 2.53. The molecule has 2 amide bonds. The number of pyridine rings is 2. The molecule has 1 aromatic carbocycles. The molecule has 1 atom stereocenters. The van der Waals surface area contributed by atoms with E-state index in [2.05, 4.69) is 15.3 Å². The quantitative estimate of drug-likeness (QED) is 0.469. The number of methoxy groups -OCH3 is 1. The fourth-order valence-corrected chi connectivity index (χ4v) is 5.61. The van der Waals surface area contributed by atoms with Crippen LogP contribution in [0.2, 0.25) is 5.02 Å². The third-order valence-corrected chi connectivity index (χ3v) is 7.75. The first-order valence-corrected chi connectivity index (χ1v) is 13.0. The molecule has 204 valence electrons. The van der Waals surface area contributed by atoms with E-state index in [0.29, 0.717) is 47.7 Å². The van der Waals surface area contributed by atoms with Gasteiger partial charge in [-0.15, -0.1) is 0 Å². The second-order valence-corrected chi connectivity index (χ2v) is 10.4. The summed E-state index contributed by atoms with van der Waals surface area (Å²) in [5.41, 5.74) is -1.50. The van der Waals surface area contributed by atoms with Gasteiger partial charge < -0.3 is 20.1 Å². The molecular weight excluding hydrogens is 530 g/mol. The standard InChI is InChI=1S/C28H27ClF2N4O4/c1-15-20(9-17(29)12-32-15)26(36)34-19-6-3-16(4-7-19)14-35-24-8-5-18(30)10-22(24)28(38,27(35)37)21-11-25(39-2)33-13-23(21)31/h5,8-13,16,19,38H,3-4,6-7,14H2,1-2H3,(H,34,36). The topological polar surface area (TPSA) is 105 Å². The number of fused-ring (bicyclic) bond motifs is 1. The summed E-state index contributed by atoms with van der Waals surface area (Å²) in [6.07, 6.45) is 5.12. The van der Waals surface area contributed by atoms with E-state index in [9.17, 15) is 23.5 Å². The molecule has 1 aliphatic carbocycles. The highest BCUT2D eigenvalue weighted by molar-refractivity contribution is 6.30. The normalized spacial score (nSPS) is 22.5. The van der Waals surface area contributed by atoms with Gasteiger partial charge in [0.2, 0.25) is 5.88 Å². The predicted molar refractivity (Wildman–Crippen MR) is 140 cm³/mol. The van der Waals surface area contributed by atoms with Gasteiger partial charge in [-0.1, -0.05) is 11.6 Å². The van der Waals surface area contributed by atoms with E-state index in [1.54, 1.807) is 13.0 Å². The van der Waals surface area contributed by atoms with E-state index in [1.807, 2.05) is 0 Å². The Hall–Kier alpha value is -3.63. The Morgan fingerprint density at radius 1 is 1.15 bits per heavy atom. The molecule has 0 saturated heterocycles. The number of benzene rings is 1. The summed E-state index contributed by atoms with van der Waals surface area (Å²) in [5.74, 6) is -2.53. The van der Waals surface area contributed by atoms with E-state index in [4.69, 9.17) is 16.3 Å². The smallest absolute Gasteiger partial charge is 0.268 e. The average molecular weight is 557 g/mol. The van der Waals surface area contributed by atoms with Crippen LogP contribution in [0.4, 0.5) is 14.5 Å². The zero-order chi connectivity index (χ0) is 27.9. The van der Waals surface area contributed by atoms with Crippen LogP contribution in [0, 0.1) is 24.5 Å². The molecule has 0 bridgehead atoms. The van der Waals surface area contributed by atoms with Gasteiger partial charge in [0.25, 0.3) is 11.8 Å². The molecule has 1 saturated carbocycles. The molecule has 2 aromatic heterocycles. The van der Waals surface area contributed by atoms with Gasteiger partial charge in [-0.05, 0) is 62.8 Å². The van der Waals surface area contributed by atoms with Crippen molar-refractivity contribution in [2.24, 2.45) is 5.92 Å². The number of ether oxygens (including phenoxy) is 1. The number of nitrogens with one attached hydrogen (secondary N) is 1. The summed E-state index contributed by atoms with van der Waals surface area (Å²) in [6, 6.07) is 6.36. The van der Waals surface area contributed by atoms with Crippen LogP contribution >= 0.6 is 11.6 Å². The van der Waals surface area contributed by atoms with Gasteiger partial charge in [0.05, 0.1) is 35.3 Å². The predicted octanol–water partition coefficient (Wildman–Crippen LogP) is 4.30. The lowest BCUT2D eigenvalue weighted by Gasteiger charge is -2.32. The first-order chi connectivity index (χ1) is 18.6. The number of aryl methyl sites for hydroxylation is 1. The second kappa shape index (κ2) is 10.5. The van der Waals surface area contributed by atoms with Crippen molar-refractivity contribution < 1.29 is 28.2 Å². The number of aliphatic hydroxyl groups is 1. The number of aromatic nitrogens is 2. The highest BCUT2D eigenvalue weighted by atomic mass is 35.5. The summed E-state index contributed by atoms with van der Waals surface area (Å²) in [5, 5.41) is 15.1. The number of carbonyl (C=O) groups excluding carboxylic acids is 2. The zero-order valence-electron chi connectivity index (χ0n) is 21.4. The van der Waals surface area contributed by atoms with Crippen molar-refractivity contribution in [2.45, 2.75) is 44.2 Å². The van der Waals surface area contributed by atoms with Crippen molar-refractivity contribution in [2.75, 3.05) is 18.6 Å². The number of amides is 2. The van der Waals surface area contributed by atoms with E-state index in [0.717, 1.165) is 18.3 Å². The van der Waals surface area contributed by atoms with Crippen LogP contribution in [-0.4, -0.2) is 46.6 Å². The number of halogens is 3. The molecule has 1 aliphatic heterocycles. The molecule has 3 aromatic rings. The van der Waals surface area contributed by atoms with Gasteiger partial charge >= 0.3 is 0 Å². The molecule has 11 heteroatoms. The lowest BCUT2D eigenvalue weighted by molar-refractivity contribution is -0.132. The summed E-state index contributed by atoms with van der Waals surface area (Å²) < 4.78 is 34.2. The van der Waals surface area contributed by atoms with Crippen molar-refractivity contribution in [3.63, 3.8) is 0 Å². The van der Waals surface area contributed by atoms with Gasteiger partial charge in [0.15, 0.2) is 5.60 Å². The van der Waals surface area contributed by atoms with Crippen LogP contribution in [0.25, 0.3) is 0 Å². The van der Waals surface area contributed by atoms with Gasteiger partial charge in [-0.25, -0.2) is 13.8 Å². The second-order valence-electron chi connectivity index (χ2n) is 9.97. The van der Waals surface area contributed by atoms with Crippen molar-refractivity contribution in [1.82, 2.24) is 15.3 Å². The molecule has 2 N–H and O–H groups in total. The maximum atomic E-state index is 14.9. The van der Waals surface area contributed by atoms with Crippen LogP contribution in [-0.2, 0) is 10.4 Å². The van der Waals surface area contributed by atoms with Gasteiger partial charge in [-0.2, -0.15) is 0 Å². The van der Waals surface area contributed by atoms with Gasteiger partial charge in [0.1, 0.15) is 11.6 Å². The van der Waals surface area contributed by atoms with E-state index in [1.165, 1.54) is 30.3 Å². The molecule has 39 heavy (non-hydrogen) atoms. The Labute approximate surface area is 229 Å². The monoisotopic (exact) mass is 556 g/mol. The molecule has 1 fully saturated rings. The minimum atomic E-state index is -2.44. The maximum Gasteiger partial charge on any atom is 0.268 e. The minimum absolute atomic E-state index is 0.00754. The number of carbonyl (C=O) groups is 2. The fourth-order valence-electron chi connectivity index (χ4n) is 5.45. The number of hydrogen-bond donors (Lipinski definition) is 2. The molecule has 0 radical (unpaired) electrons. The molecule has 1 unspecified atom stereocenters. The van der Waals surface area contributed by atoms with Gasteiger partial charge in [-0.3, -0.25) is 14.6 Å². The Balaban J connectivity index is 1.32. The zero-order valence-corrected chi connectivity index (χ0v) is 22.1. The van der Waals surface area contributed by atoms with Crippen LogP contribution in [0.1, 0.15) is 52.9 Å². The Morgan fingerprint density at radius 3 is 2.62 bits per heavy atom. The highest BCUT2D eigenvalue weighted by Crippen LogP contribution is 2.46. The molecular formula is C28H27ClF2N4O4. The SMILES string of the molecule is COc1cc(C2(O)C(=O)N(CC3CCC(NC(=O)c4cc(Cl)cnc4C)CC3)c3ccc(F)cc32)c(F)cn1. The Bertz CT molecular complexity index is 1450. The van der Waals surface area contributed by atoms with Gasteiger partial charge in [0, 0.05) is 36.0 Å². The Kier molecular flexibility index (Phi) is 7.26. The van der Waals surface area contributed by atoms with E-state index >= 15 is 0 Å². The summed E-state index contributed by atoms with van der Waals surface area (Å²) >= 11 is 6.00. The molecule has 3 heterocycles. The lowest BCUT2D eigenvalue weighted by atomic mass is 9.85. The van der Waals surface area contributed by atoms with Crippen molar-refractivity contribution in [3.05, 3.63) is 81.8 Å². The van der Waals surface area contributed by atoms with Crippen molar-refractivity contribution >= 4 is 29.1 Å². The summed E-state index contributed by atoms with van der Waals surface area (Å²) in [6.45, 7) is 2.00. The molecule has 2 aliphatic rings. The number of anilines is 1. The number of rotatable bonds is 6. The molecule has 0 spiro atoms. The molecule has 8 nitrogen and oxygen atoms in total. The number of hydrogen-bond acceptors (Lipinski definition) is 6. The lowest BCUT2D eigenvalue weighted by Crippen LogP contribution is -2.45. The third-order valence-electron chi connectivity index (χ3n) is 7.54. The average Bonchev–Trinajstić information content (AvgIpc) is 3.13. The summed E-state index contributed by atoms with van der Waals surface area (Å²) in [4.78, 5) is 35.8. The van der Waals surface area contributed by atoms with Crippen molar-refractivity contribution in [3.8, 4) is 5.88 Å². The van der Waals surface area contributed by atoms with E-state index < -0.39 is 23.1 Å². The Morgan fingerprint density at radius 2 is 1.90 bits per heavy atom. The molecule has 5 rings (SSSR count). The number of nitrogens with zero attached hydrogens (tertiary/aromatic N) is 3. The first-order valence-electron chi connectivity index (χ1n) is 12.6. The third kappa shape index (κ3) is 4.94. The largest absolute Gasteiger partial charge is 0.481 e. The van der Waals surface area contributed by atoms with Crippen LogP contribution in [0.3, 0.4) is 0 Å². The van der Waals surface area contributed by atoms with Crippen LogP contribution in [0.15, 0.2) is 42.7 Å². The van der Waals surface area contributed by atoms with Crippen LogP contribution < -0.4 is 15.0 Å². The fraction of sp³-hybridized carbons (Fsp3) is 0.357. The van der Waals surface area contributed by atoms with E-state index in [-0.39, 0.29) is 41.4 Å². The maximum absolute atomic E-state index is 14.9.